The molecule has 0 saturated carbocycles. The Balaban J connectivity index is 2.52. The van der Waals surface area contributed by atoms with Crippen LogP contribution in [-0.4, -0.2) is 23.1 Å². The first-order valence-electron chi connectivity index (χ1n) is 14.4. The fourth-order valence-corrected chi connectivity index (χ4v) is 5.10. The molecule has 34 heavy (non-hydrogen) atoms. The highest BCUT2D eigenvalue weighted by Crippen LogP contribution is 2.38. The summed E-state index contributed by atoms with van der Waals surface area (Å²) in [6.07, 6.45) is 24.1. The lowest BCUT2D eigenvalue weighted by Crippen LogP contribution is -2.42. The molecule has 0 bridgehead atoms. The van der Waals surface area contributed by atoms with Gasteiger partial charge in [0.15, 0.2) is 0 Å². The molecule has 0 amide bonds. The number of hydrogen-bond acceptors (Lipinski definition) is 3. The number of allylic oxidation sites excluding steroid dienone is 1. The van der Waals surface area contributed by atoms with Crippen molar-refractivity contribution in [3.05, 3.63) is 12.2 Å². The van der Waals surface area contributed by atoms with E-state index in [9.17, 15) is 14.7 Å². The number of carboxylic acids is 1. The van der Waals surface area contributed by atoms with E-state index in [2.05, 4.69) is 20.8 Å². The molecule has 4 heteroatoms. The van der Waals surface area contributed by atoms with E-state index in [-0.39, 0.29) is 12.1 Å². The molecule has 198 valence electrons. The summed E-state index contributed by atoms with van der Waals surface area (Å²) in [4.78, 5) is 25.0. The van der Waals surface area contributed by atoms with Crippen molar-refractivity contribution < 1.29 is 19.4 Å². The maximum absolute atomic E-state index is 13.2. The van der Waals surface area contributed by atoms with E-state index in [1.54, 1.807) is 13.0 Å². The van der Waals surface area contributed by atoms with Crippen molar-refractivity contribution in [1.29, 1.82) is 0 Å². The van der Waals surface area contributed by atoms with Crippen LogP contribution in [0, 0.1) is 17.3 Å². The highest BCUT2D eigenvalue weighted by Gasteiger charge is 2.46. The van der Waals surface area contributed by atoms with Crippen molar-refractivity contribution in [1.82, 2.24) is 0 Å². The van der Waals surface area contributed by atoms with Crippen LogP contribution in [0.4, 0.5) is 0 Å². The van der Waals surface area contributed by atoms with Crippen LogP contribution in [-0.2, 0) is 14.3 Å². The number of aliphatic carboxylic acids is 1. The minimum absolute atomic E-state index is 0.0938. The fourth-order valence-electron chi connectivity index (χ4n) is 5.10. The van der Waals surface area contributed by atoms with Gasteiger partial charge in [0.05, 0.1) is 11.3 Å². The normalized spacial score (nSPS) is 21.0. The SMILES string of the molecule is CCCCCCCCCCCC(CCCCCCC(C)C)OC(=O)C1(C)C=CCCC1C(=O)O. The van der Waals surface area contributed by atoms with E-state index in [0.29, 0.717) is 12.8 Å². The number of ether oxygens (including phenoxy) is 1. The molecule has 1 N–H and O–H groups in total. The van der Waals surface area contributed by atoms with Crippen LogP contribution < -0.4 is 0 Å². The second kappa shape index (κ2) is 18.0. The molecule has 1 aliphatic rings. The summed E-state index contributed by atoms with van der Waals surface area (Å²) < 4.78 is 6.04. The van der Waals surface area contributed by atoms with Crippen LogP contribution in [0.5, 0.6) is 0 Å². The predicted molar refractivity (Wildman–Crippen MR) is 142 cm³/mol. The Bertz CT molecular complexity index is 582. The van der Waals surface area contributed by atoms with E-state index < -0.39 is 17.3 Å². The third kappa shape index (κ3) is 12.4. The van der Waals surface area contributed by atoms with Crippen molar-refractivity contribution in [2.24, 2.45) is 17.3 Å². The number of carbonyl (C=O) groups is 2. The monoisotopic (exact) mass is 478 g/mol. The van der Waals surface area contributed by atoms with Crippen LogP contribution in [0.2, 0.25) is 0 Å². The van der Waals surface area contributed by atoms with Crippen molar-refractivity contribution in [2.45, 2.75) is 149 Å². The van der Waals surface area contributed by atoms with Gasteiger partial charge in [0, 0.05) is 0 Å². The Labute approximate surface area is 210 Å². The zero-order valence-electron chi connectivity index (χ0n) is 22.8. The molecule has 1 rings (SSSR count). The van der Waals surface area contributed by atoms with Gasteiger partial charge in [0.25, 0.3) is 0 Å². The quantitative estimate of drug-likeness (QED) is 0.108. The molecule has 0 saturated heterocycles. The van der Waals surface area contributed by atoms with Gasteiger partial charge in [0.1, 0.15) is 6.10 Å². The molecule has 0 aliphatic heterocycles. The summed E-state index contributed by atoms with van der Waals surface area (Å²) >= 11 is 0. The Kier molecular flexibility index (Phi) is 16.3. The van der Waals surface area contributed by atoms with Gasteiger partial charge in [-0.15, -0.1) is 0 Å². The van der Waals surface area contributed by atoms with Crippen molar-refractivity contribution in [2.75, 3.05) is 0 Å². The molecule has 0 aromatic rings. The van der Waals surface area contributed by atoms with Gasteiger partial charge in [-0.2, -0.15) is 0 Å². The number of esters is 1. The Morgan fingerprint density at radius 2 is 1.38 bits per heavy atom. The van der Waals surface area contributed by atoms with E-state index >= 15 is 0 Å². The number of carboxylic acid groups (broad SMARTS) is 1. The van der Waals surface area contributed by atoms with Crippen LogP contribution in [0.1, 0.15) is 143 Å². The summed E-state index contributed by atoms with van der Waals surface area (Å²) in [7, 11) is 0. The minimum Gasteiger partial charge on any atom is -0.481 e. The van der Waals surface area contributed by atoms with Crippen molar-refractivity contribution in [3.63, 3.8) is 0 Å². The fraction of sp³-hybridized carbons (Fsp3) is 0.867. The molecule has 0 aromatic carbocycles. The number of rotatable bonds is 20. The molecule has 0 aromatic heterocycles. The van der Waals surface area contributed by atoms with E-state index in [4.69, 9.17) is 4.74 Å². The summed E-state index contributed by atoms with van der Waals surface area (Å²) in [5.41, 5.74) is -1.06. The zero-order chi connectivity index (χ0) is 25.2. The molecule has 3 atom stereocenters. The Morgan fingerprint density at radius 1 is 0.882 bits per heavy atom. The average Bonchev–Trinajstić information content (AvgIpc) is 2.79. The maximum atomic E-state index is 13.2. The molecule has 1 aliphatic carbocycles. The first-order valence-corrected chi connectivity index (χ1v) is 14.4. The average molecular weight is 479 g/mol. The lowest BCUT2D eigenvalue weighted by molar-refractivity contribution is -0.168. The molecule has 3 unspecified atom stereocenters. The first-order chi connectivity index (χ1) is 16.3. The van der Waals surface area contributed by atoms with Gasteiger partial charge >= 0.3 is 11.9 Å². The van der Waals surface area contributed by atoms with Crippen LogP contribution in [0.15, 0.2) is 12.2 Å². The largest absolute Gasteiger partial charge is 0.481 e. The van der Waals surface area contributed by atoms with Gasteiger partial charge in [-0.3, -0.25) is 9.59 Å². The number of carbonyl (C=O) groups excluding carboxylic acids is 1. The lowest BCUT2D eigenvalue weighted by atomic mass is 9.71. The zero-order valence-corrected chi connectivity index (χ0v) is 22.8. The molecule has 0 radical (unpaired) electrons. The van der Waals surface area contributed by atoms with E-state index in [0.717, 1.165) is 31.6 Å². The number of unbranched alkanes of at least 4 members (excludes halogenated alkanes) is 11. The van der Waals surface area contributed by atoms with Gasteiger partial charge < -0.3 is 9.84 Å². The minimum atomic E-state index is -1.06. The van der Waals surface area contributed by atoms with Crippen LogP contribution in [0.3, 0.4) is 0 Å². The third-order valence-corrected chi connectivity index (χ3v) is 7.51. The standard InChI is InChI=1S/C30H54O4/c1-5-6-7-8-9-10-11-12-16-21-26(22-17-14-13-15-20-25(2)3)34-29(33)30(4)24-19-18-23-27(30)28(31)32/h19,24-27H,5-18,20-23H2,1-4H3,(H,31,32). The topological polar surface area (TPSA) is 63.6 Å². The molecule has 0 spiro atoms. The third-order valence-electron chi connectivity index (χ3n) is 7.51. The highest BCUT2D eigenvalue weighted by molar-refractivity contribution is 5.86. The van der Waals surface area contributed by atoms with E-state index in [1.807, 2.05) is 6.08 Å². The maximum Gasteiger partial charge on any atom is 0.316 e. The molecule has 4 nitrogen and oxygen atoms in total. The molecule has 0 heterocycles. The van der Waals surface area contributed by atoms with E-state index in [1.165, 1.54) is 77.0 Å². The first kappa shape index (κ1) is 30.7. The Morgan fingerprint density at radius 3 is 1.88 bits per heavy atom. The van der Waals surface area contributed by atoms with Crippen molar-refractivity contribution >= 4 is 11.9 Å². The number of hydrogen-bond donors (Lipinski definition) is 1. The highest BCUT2D eigenvalue weighted by atomic mass is 16.5. The van der Waals surface area contributed by atoms with Crippen LogP contribution >= 0.6 is 0 Å². The summed E-state index contributed by atoms with van der Waals surface area (Å²) in [6, 6.07) is 0. The molecular weight excluding hydrogens is 424 g/mol. The summed E-state index contributed by atoms with van der Waals surface area (Å²) in [6.45, 7) is 8.53. The lowest BCUT2D eigenvalue weighted by Gasteiger charge is -2.34. The Hall–Kier alpha value is -1.32. The van der Waals surface area contributed by atoms with Crippen LogP contribution in [0.25, 0.3) is 0 Å². The summed E-state index contributed by atoms with van der Waals surface area (Å²) in [5, 5.41) is 9.67. The second-order valence-corrected chi connectivity index (χ2v) is 11.2. The van der Waals surface area contributed by atoms with Gasteiger partial charge in [-0.1, -0.05) is 110 Å². The van der Waals surface area contributed by atoms with Gasteiger partial charge in [-0.25, -0.2) is 0 Å². The predicted octanol–water partition coefficient (Wildman–Crippen LogP) is 8.87. The van der Waals surface area contributed by atoms with Crippen molar-refractivity contribution in [3.8, 4) is 0 Å². The smallest absolute Gasteiger partial charge is 0.316 e. The molecule has 0 fully saturated rings. The summed E-state index contributed by atoms with van der Waals surface area (Å²) in [5.74, 6) is -1.19. The molecular formula is C30H54O4. The van der Waals surface area contributed by atoms with Gasteiger partial charge in [-0.05, 0) is 51.4 Å². The van der Waals surface area contributed by atoms with Gasteiger partial charge in [0.2, 0.25) is 0 Å². The second-order valence-electron chi connectivity index (χ2n) is 11.2.